The number of carboxylic acid groups (broad SMARTS) is 1. The first-order chi connectivity index (χ1) is 22.6. The van der Waals surface area contributed by atoms with Gasteiger partial charge in [0.05, 0.1) is 0 Å². The normalized spacial score (nSPS) is 12.3. The molecule has 1 unspecified atom stereocenters. The summed E-state index contributed by atoms with van der Waals surface area (Å²) in [5.41, 5.74) is 0. The summed E-state index contributed by atoms with van der Waals surface area (Å²) in [4.78, 5) is 13.8. The van der Waals surface area contributed by atoms with Gasteiger partial charge in [-0.25, -0.2) is 0 Å². The van der Waals surface area contributed by atoms with Crippen LogP contribution in [0.5, 0.6) is 0 Å². The van der Waals surface area contributed by atoms with Crippen LogP contribution >= 0.6 is 0 Å². The van der Waals surface area contributed by atoms with Gasteiger partial charge in [0.25, 0.3) is 0 Å². The van der Waals surface area contributed by atoms with Crippen molar-refractivity contribution >= 4 is 5.97 Å². The molecule has 0 rings (SSSR count). The highest BCUT2D eigenvalue weighted by molar-refractivity contribution is 5.66. The van der Waals surface area contributed by atoms with Gasteiger partial charge in [0.15, 0.2) is 0 Å². The van der Waals surface area contributed by atoms with E-state index in [2.05, 4.69) is 25.7 Å². The first-order valence-corrected chi connectivity index (χ1v) is 21.6. The van der Waals surface area contributed by atoms with E-state index in [1.54, 1.807) is 0 Å². The molecule has 0 radical (unpaired) electrons. The second-order valence-corrected chi connectivity index (χ2v) is 15.1. The molecule has 0 aromatic rings. The predicted octanol–water partition coefficient (Wildman–Crippen LogP) is 14.8. The molecule has 0 aromatic heterocycles. The first kappa shape index (κ1) is 45.4. The maximum Gasteiger partial charge on any atom is 0.303 e. The van der Waals surface area contributed by atoms with E-state index >= 15 is 0 Å². The third-order valence-electron chi connectivity index (χ3n) is 10.5. The monoisotopic (exact) mass is 650 g/mol. The Balaban J connectivity index is 3.72. The third kappa shape index (κ3) is 36.3. The summed E-state index contributed by atoms with van der Waals surface area (Å²) < 4.78 is 0. The van der Waals surface area contributed by atoms with E-state index < -0.39 is 5.97 Å². The molecule has 0 aliphatic carbocycles. The van der Waals surface area contributed by atoms with Crippen molar-refractivity contribution in [2.75, 3.05) is 13.1 Å². The van der Waals surface area contributed by atoms with Crippen LogP contribution in [0.2, 0.25) is 0 Å². The van der Waals surface area contributed by atoms with Crippen molar-refractivity contribution in [1.82, 2.24) is 4.90 Å². The molecule has 3 heteroatoms. The van der Waals surface area contributed by atoms with Crippen LogP contribution in [0.3, 0.4) is 0 Å². The quantitative estimate of drug-likeness (QED) is 0.0671. The van der Waals surface area contributed by atoms with Crippen molar-refractivity contribution in [3.63, 3.8) is 0 Å². The van der Waals surface area contributed by atoms with Crippen molar-refractivity contribution in [2.45, 2.75) is 258 Å². The van der Waals surface area contributed by atoms with Crippen molar-refractivity contribution in [1.29, 1.82) is 0 Å². The predicted molar refractivity (Wildman–Crippen MR) is 206 cm³/mol. The maximum absolute atomic E-state index is 11.2. The minimum Gasteiger partial charge on any atom is -0.481 e. The van der Waals surface area contributed by atoms with E-state index in [4.69, 9.17) is 0 Å². The van der Waals surface area contributed by atoms with E-state index in [1.807, 2.05) is 0 Å². The Morgan fingerprint density at radius 2 is 0.630 bits per heavy atom. The fraction of sp³-hybridized carbons (Fsp3) is 0.977. The standard InChI is InChI=1S/C43H87NO2/c1-4-6-8-10-12-14-16-18-20-22-24-26-28-30-32-34-36-40-44(42(3)38-39-43(45)46)41-37-35-33-31-29-27-25-23-21-19-17-15-13-11-9-7-5-2/h42H,4-41H2,1-3H3,(H,45,46). The molecule has 0 aliphatic rings. The third-order valence-corrected chi connectivity index (χ3v) is 10.5. The molecular weight excluding hydrogens is 562 g/mol. The average molecular weight is 650 g/mol. The van der Waals surface area contributed by atoms with E-state index in [0.717, 1.165) is 19.5 Å². The minimum atomic E-state index is -0.651. The fourth-order valence-electron chi connectivity index (χ4n) is 7.15. The topological polar surface area (TPSA) is 40.5 Å². The highest BCUT2D eigenvalue weighted by atomic mass is 16.4. The molecule has 0 saturated heterocycles. The van der Waals surface area contributed by atoms with Crippen molar-refractivity contribution in [3.8, 4) is 0 Å². The van der Waals surface area contributed by atoms with Gasteiger partial charge in [-0.2, -0.15) is 0 Å². The Morgan fingerprint density at radius 3 is 0.848 bits per heavy atom. The molecule has 0 heterocycles. The van der Waals surface area contributed by atoms with Gasteiger partial charge in [-0.15, -0.1) is 0 Å². The molecular formula is C43H87NO2. The lowest BCUT2D eigenvalue weighted by atomic mass is 10.0. The highest BCUT2D eigenvalue weighted by Gasteiger charge is 2.14. The van der Waals surface area contributed by atoms with Crippen LogP contribution in [0.15, 0.2) is 0 Å². The summed E-state index contributed by atoms with van der Waals surface area (Å²) in [6.45, 7) is 9.15. The number of hydrogen-bond donors (Lipinski definition) is 1. The number of rotatable bonds is 40. The Labute approximate surface area is 291 Å². The van der Waals surface area contributed by atoms with Gasteiger partial charge in [0.2, 0.25) is 0 Å². The molecule has 1 N–H and O–H groups in total. The van der Waals surface area contributed by atoms with E-state index in [0.29, 0.717) is 12.5 Å². The van der Waals surface area contributed by atoms with Gasteiger partial charge in [-0.3, -0.25) is 4.79 Å². The van der Waals surface area contributed by atoms with Gasteiger partial charge in [-0.05, 0) is 39.3 Å². The lowest BCUT2D eigenvalue weighted by molar-refractivity contribution is -0.137. The lowest BCUT2D eigenvalue weighted by Gasteiger charge is -2.29. The Kier molecular flexibility index (Phi) is 38.4. The van der Waals surface area contributed by atoms with Crippen molar-refractivity contribution < 1.29 is 9.90 Å². The van der Waals surface area contributed by atoms with Crippen LogP contribution in [-0.2, 0) is 4.79 Å². The van der Waals surface area contributed by atoms with Crippen LogP contribution in [0.1, 0.15) is 252 Å². The zero-order chi connectivity index (χ0) is 33.6. The average Bonchev–Trinajstić information content (AvgIpc) is 3.05. The summed E-state index contributed by atoms with van der Waals surface area (Å²) in [6, 6.07) is 0.387. The lowest BCUT2D eigenvalue weighted by Crippen LogP contribution is -2.35. The van der Waals surface area contributed by atoms with Gasteiger partial charge >= 0.3 is 5.97 Å². The Morgan fingerprint density at radius 1 is 0.413 bits per heavy atom. The molecule has 0 bridgehead atoms. The van der Waals surface area contributed by atoms with Gasteiger partial charge in [0, 0.05) is 12.5 Å². The number of hydrogen-bond acceptors (Lipinski definition) is 2. The van der Waals surface area contributed by atoms with Gasteiger partial charge in [0.1, 0.15) is 0 Å². The summed E-state index contributed by atoms with van der Waals surface area (Å²) >= 11 is 0. The number of unbranched alkanes of at least 4 members (excludes halogenated alkanes) is 32. The molecule has 276 valence electrons. The number of carboxylic acids is 1. The molecule has 0 fully saturated rings. The molecule has 1 atom stereocenters. The first-order valence-electron chi connectivity index (χ1n) is 21.6. The summed E-state index contributed by atoms with van der Waals surface area (Å²) in [7, 11) is 0. The zero-order valence-corrected chi connectivity index (χ0v) is 32.3. The summed E-state index contributed by atoms with van der Waals surface area (Å²) in [6.07, 6.45) is 49.2. The number of aliphatic carboxylic acids is 1. The Hall–Kier alpha value is -0.570. The molecule has 0 spiro atoms. The van der Waals surface area contributed by atoms with E-state index in [-0.39, 0.29) is 0 Å². The highest BCUT2D eigenvalue weighted by Crippen LogP contribution is 2.17. The van der Waals surface area contributed by atoms with Crippen LogP contribution in [0, 0.1) is 0 Å². The van der Waals surface area contributed by atoms with Crippen LogP contribution < -0.4 is 0 Å². The fourth-order valence-corrected chi connectivity index (χ4v) is 7.15. The molecule has 46 heavy (non-hydrogen) atoms. The number of carbonyl (C=O) groups is 1. The molecule has 0 saturated carbocycles. The van der Waals surface area contributed by atoms with Crippen molar-refractivity contribution in [3.05, 3.63) is 0 Å². The second-order valence-electron chi connectivity index (χ2n) is 15.1. The zero-order valence-electron chi connectivity index (χ0n) is 32.3. The van der Waals surface area contributed by atoms with Crippen LogP contribution in [-0.4, -0.2) is 35.1 Å². The molecule has 0 aliphatic heterocycles. The van der Waals surface area contributed by atoms with Crippen molar-refractivity contribution in [2.24, 2.45) is 0 Å². The largest absolute Gasteiger partial charge is 0.481 e. The SMILES string of the molecule is CCCCCCCCCCCCCCCCCCCN(CCCCCCCCCCCCCCCCCCC)C(C)CCC(=O)O. The van der Waals surface area contributed by atoms with E-state index in [9.17, 15) is 9.90 Å². The number of nitrogens with zero attached hydrogens (tertiary/aromatic N) is 1. The second kappa shape index (κ2) is 38.9. The minimum absolute atomic E-state index is 0.301. The Bertz CT molecular complexity index is 541. The molecule has 0 aromatic carbocycles. The summed E-state index contributed by atoms with van der Waals surface area (Å²) in [5.74, 6) is -0.651. The van der Waals surface area contributed by atoms with Gasteiger partial charge in [-0.1, -0.05) is 219 Å². The van der Waals surface area contributed by atoms with Crippen LogP contribution in [0.25, 0.3) is 0 Å². The smallest absolute Gasteiger partial charge is 0.303 e. The summed E-state index contributed by atoms with van der Waals surface area (Å²) in [5, 5.41) is 9.19. The maximum atomic E-state index is 11.2. The van der Waals surface area contributed by atoms with E-state index in [1.165, 1.54) is 218 Å². The van der Waals surface area contributed by atoms with Gasteiger partial charge < -0.3 is 10.0 Å². The molecule has 0 amide bonds. The van der Waals surface area contributed by atoms with Crippen LogP contribution in [0.4, 0.5) is 0 Å². The molecule has 3 nitrogen and oxygen atoms in total.